The van der Waals surface area contributed by atoms with Gasteiger partial charge in [-0.25, -0.2) is 9.97 Å². The summed E-state index contributed by atoms with van der Waals surface area (Å²) in [6.45, 7) is 5.39. The number of imidazole rings is 1. The van der Waals surface area contributed by atoms with Gasteiger partial charge < -0.3 is 24.4 Å². The summed E-state index contributed by atoms with van der Waals surface area (Å²) in [4.78, 5) is 31.5. The highest BCUT2D eigenvalue weighted by Crippen LogP contribution is 2.28. The van der Waals surface area contributed by atoms with Gasteiger partial charge in [-0.05, 0) is 42.3 Å². The second-order valence-corrected chi connectivity index (χ2v) is 10.2. The van der Waals surface area contributed by atoms with Crippen molar-refractivity contribution in [2.75, 3.05) is 45.9 Å². The molecule has 1 fully saturated rings. The third kappa shape index (κ3) is 6.98. The molecule has 1 N–H and O–H groups in total. The zero-order valence-corrected chi connectivity index (χ0v) is 24.5. The standard InChI is InChI=1S/C31H37N7O4/c1-22-15-29(35-31(34-22)37-12-11-32-21-37)38-14-13-36(19-23-5-8-26(40-2)9-6-23)20-25(38)17-30(39)33-18-24-7-10-27(41-3)28(16-24)42-4/h5-12,15-16,21,25H,13-14,17-20H2,1-4H3,(H,33,39). The van der Waals surface area contributed by atoms with Crippen LogP contribution in [0.1, 0.15) is 23.2 Å². The molecule has 42 heavy (non-hydrogen) atoms. The topological polar surface area (TPSA) is 107 Å². The van der Waals surface area contributed by atoms with Crippen molar-refractivity contribution in [1.29, 1.82) is 0 Å². The van der Waals surface area contributed by atoms with Gasteiger partial charge in [0.15, 0.2) is 11.5 Å². The number of ether oxygens (including phenoxy) is 3. The summed E-state index contributed by atoms with van der Waals surface area (Å²) in [5.74, 6) is 3.43. The molecule has 4 aromatic rings. The van der Waals surface area contributed by atoms with E-state index in [9.17, 15) is 4.79 Å². The molecule has 0 radical (unpaired) electrons. The molecular weight excluding hydrogens is 534 g/mol. The lowest BCUT2D eigenvalue weighted by atomic mass is 10.1. The van der Waals surface area contributed by atoms with Crippen molar-refractivity contribution in [2.45, 2.75) is 32.5 Å². The maximum Gasteiger partial charge on any atom is 0.237 e. The number of piperazine rings is 1. The maximum absolute atomic E-state index is 13.3. The summed E-state index contributed by atoms with van der Waals surface area (Å²) in [7, 11) is 4.87. The van der Waals surface area contributed by atoms with E-state index in [0.29, 0.717) is 37.0 Å². The molecule has 1 unspecified atom stereocenters. The van der Waals surface area contributed by atoms with Crippen LogP contribution in [0, 0.1) is 6.92 Å². The van der Waals surface area contributed by atoms with Crippen LogP contribution in [-0.4, -0.2) is 77.3 Å². The summed E-state index contributed by atoms with van der Waals surface area (Å²) in [5.41, 5.74) is 2.97. The monoisotopic (exact) mass is 571 g/mol. The van der Waals surface area contributed by atoms with Gasteiger partial charge in [-0.2, -0.15) is 4.98 Å². The number of aryl methyl sites for hydroxylation is 1. The van der Waals surface area contributed by atoms with Crippen LogP contribution < -0.4 is 24.4 Å². The number of benzene rings is 2. The van der Waals surface area contributed by atoms with Gasteiger partial charge in [-0.1, -0.05) is 18.2 Å². The number of nitrogens with one attached hydrogen (secondary N) is 1. The van der Waals surface area contributed by atoms with Gasteiger partial charge in [0.1, 0.15) is 17.9 Å². The van der Waals surface area contributed by atoms with Crippen LogP contribution in [0.3, 0.4) is 0 Å². The fraction of sp³-hybridized carbons (Fsp3) is 0.355. The number of aromatic nitrogens is 4. The number of anilines is 1. The summed E-state index contributed by atoms with van der Waals surface area (Å²) in [6, 6.07) is 15.7. The van der Waals surface area contributed by atoms with Crippen LogP contribution in [0.2, 0.25) is 0 Å². The lowest BCUT2D eigenvalue weighted by Crippen LogP contribution is -2.54. The number of hydrogen-bond donors (Lipinski definition) is 1. The fourth-order valence-electron chi connectivity index (χ4n) is 5.18. The molecule has 1 saturated heterocycles. The highest BCUT2D eigenvalue weighted by Gasteiger charge is 2.30. The zero-order valence-electron chi connectivity index (χ0n) is 24.5. The van der Waals surface area contributed by atoms with Gasteiger partial charge in [0.25, 0.3) is 0 Å². The van der Waals surface area contributed by atoms with Crippen molar-refractivity contribution in [3.63, 3.8) is 0 Å². The van der Waals surface area contributed by atoms with Crippen molar-refractivity contribution in [3.05, 3.63) is 84.1 Å². The third-order valence-electron chi connectivity index (χ3n) is 7.35. The number of carbonyl (C=O) groups is 1. The molecule has 0 spiro atoms. The van der Waals surface area contributed by atoms with E-state index in [-0.39, 0.29) is 11.9 Å². The lowest BCUT2D eigenvalue weighted by Gasteiger charge is -2.42. The van der Waals surface area contributed by atoms with Crippen molar-refractivity contribution >= 4 is 11.7 Å². The quantitative estimate of drug-likeness (QED) is 0.290. The largest absolute Gasteiger partial charge is 0.497 e. The minimum absolute atomic E-state index is 0.0355. The first-order chi connectivity index (χ1) is 20.4. The van der Waals surface area contributed by atoms with E-state index in [1.807, 2.05) is 49.5 Å². The van der Waals surface area contributed by atoms with E-state index < -0.39 is 0 Å². The molecule has 220 valence electrons. The summed E-state index contributed by atoms with van der Waals surface area (Å²) >= 11 is 0. The molecule has 0 bridgehead atoms. The third-order valence-corrected chi connectivity index (χ3v) is 7.35. The molecule has 11 nitrogen and oxygen atoms in total. The number of amides is 1. The predicted molar refractivity (Wildman–Crippen MR) is 159 cm³/mol. The van der Waals surface area contributed by atoms with Gasteiger partial charge in [0.05, 0.1) is 27.4 Å². The number of hydrogen-bond acceptors (Lipinski definition) is 9. The predicted octanol–water partition coefficient (Wildman–Crippen LogP) is 3.39. The Hall–Kier alpha value is -4.64. The number of rotatable bonds is 11. The Kier molecular flexibility index (Phi) is 9.18. The first-order valence-electron chi connectivity index (χ1n) is 13.9. The molecule has 11 heteroatoms. The molecular formula is C31H37N7O4. The van der Waals surface area contributed by atoms with Crippen molar-refractivity contribution in [3.8, 4) is 23.2 Å². The van der Waals surface area contributed by atoms with E-state index in [1.165, 1.54) is 5.56 Å². The average molecular weight is 572 g/mol. The van der Waals surface area contributed by atoms with Crippen LogP contribution in [0.4, 0.5) is 5.82 Å². The van der Waals surface area contributed by atoms with E-state index >= 15 is 0 Å². The Labute approximate surface area is 246 Å². The SMILES string of the molecule is COc1ccc(CN2CCN(c3cc(C)nc(-n4ccnc4)n3)C(CC(=O)NCc3ccc(OC)c(OC)c3)C2)cc1. The first-order valence-corrected chi connectivity index (χ1v) is 13.9. The molecule has 0 aliphatic carbocycles. The van der Waals surface area contributed by atoms with Crippen molar-refractivity contribution < 1.29 is 19.0 Å². The molecule has 1 amide bonds. The highest BCUT2D eigenvalue weighted by atomic mass is 16.5. The second-order valence-electron chi connectivity index (χ2n) is 10.2. The highest BCUT2D eigenvalue weighted by molar-refractivity contribution is 5.77. The average Bonchev–Trinajstić information content (AvgIpc) is 3.55. The Morgan fingerprint density at radius 2 is 1.74 bits per heavy atom. The Balaban J connectivity index is 1.33. The Morgan fingerprint density at radius 1 is 0.952 bits per heavy atom. The number of methoxy groups -OCH3 is 3. The first kappa shape index (κ1) is 28.9. The van der Waals surface area contributed by atoms with E-state index in [1.54, 1.807) is 38.4 Å². The summed E-state index contributed by atoms with van der Waals surface area (Å²) < 4.78 is 17.9. The maximum atomic E-state index is 13.3. The van der Waals surface area contributed by atoms with Gasteiger partial charge >= 0.3 is 0 Å². The fourth-order valence-corrected chi connectivity index (χ4v) is 5.18. The summed E-state index contributed by atoms with van der Waals surface area (Å²) in [5, 5.41) is 3.09. The normalized spacial score (nSPS) is 15.3. The summed E-state index contributed by atoms with van der Waals surface area (Å²) in [6.07, 6.45) is 5.53. The Morgan fingerprint density at radius 3 is 2.45 bits per heavy atom. The lowest BCUT2D eigenvalue weighted by molar-refractivity contribution is -0.121. The van der Waals surface area contributed by atoms with Crippen LogP contribution in [-0.2, 0) is 17.9 Å². The molecule has 1 atom stereocenters. The minimum atomic E-state index is -0.0904. The van der Waals surface area contributed by atoms with E-state index in [2.05, 4.69) is 37.2 Å². The van der Waals surface area contributed by atoms with Gasteiger partial charge in [0, 0.05) is 63.3 Å². The number of nitrogens with zero attached hydrogens (tertiary/aromatic N) is 6. The van der Waals surface area contributed by atoms with E-state index in [0.717, 1.165) is 42.5 Å². The molecule has 1 aliphatic rings. The van der Waals surface area contributed by atoms with Crippen molar-refractivity contribution in [2.24, 2.45) is 0 Å². The second kappa shape index (κ2) is 13.3. The molecule has 5 rings (SSSR count). The minimum Gasteiger partial charge on any atom is -0.497 e. The van der Waals surface area contributed by atoms with E-state index in [4.69, 9.17) is 19.2 Å². The van der Waals surface area contributed by atoms with Crippen LogP contribution in [0.25, 0.3) is 5.95 Å². The van der Waals surface area contributed by atoms with Gasteiger partial charge in [-0.15, -0.1) is 0 Å². The molecule has 3 heterocycles. The van der Waals surface area contributed by atoms with Gasteiger partial charge in [0.2, 0.25) is 11.9 Å². The van der Waals surface area contributed by atoms with Crippen LogP contribution >= 0.6 is 0 Å². The van der Waals surface area contributed by atoms with Crippen LogP contribution in [0.15, 0.2) is 67.3 Å². The van der Waals surface area contributed by atoms with Crippen LogP contribution in [0.5, 0.6) is 17.2 Å². The molecule has 0 saturated carbocycles. The molecule has 2 aromatic heterocycles. The smallest absolute Gasteiger partial charge is 0.237 e. The van der Waals surface area contributed by atoms with Crippen molar-refractivity contribution in [1.82, 2.24) is 29.7 Å². The molecule has 2 aromatic carbocycles. The Bertz CT molecular complexity index is 1480. The molecule has 1 aliphatic heterocycles. The van der Waals surface area contributed by atoms with Gasteiger partial charge in [-0.3, -0.25) is 14.3 Å². The number of carbonyl (C=O) groups excluding carboxylic acids is 1. The zero-order chi connectivity index (χ0) is 29.5.